The van der Waals surface area contributed by atoms with Gasteiger partial charge in [0.05, 0.1) is 16.2 Å². The standard InChI is InChI=1S/C21H14Cl2N2/c1-12-10-18(24-12)13(2)15-8-9-17-16(11-15)20(22)19(21(23)25-17)14-6-4-3-5-7-14/h3-11H,2H2,1H3. The number of benzene rings is 2. The van der Waals surface area contributed by atoms with Crippen molar-refractivity contribution in [3.63, 3.8) is 0 Å². The van der Waals surface area contributed by atoms with Crippen molar-refractivity contribution in [1.82, 2.24) is 4.98 Å². The summed E-state index contributed by atoms with van der Waals surface area (Å²) >= 11 is 13.1. The molecular formula is C21H14Cl2N2. The van der Waals surface area contributed by atoms with E-state index in [4.69, 9.17) is 23.2 Å². The number of pyridine rings is 1. The Morgan fingerprint density at radius 1 is 1.04 bits per heavy atom. The SMILES string of the molecule is C=C(C1=CC(C)=N1)c1ccc2nc(Cl)c(-c3ccccc3)c(Cl)c2c1. The molecular weight excluding hydrogens is 351 g/mol. The van der Waals surface area contributed by atoms with E-state index in [0.29, 0.717) is 10.2 Å². The Hall–Kier alpha value is -2.42. The van der Waals surface area contributed by atoms with E-state index in [-0.39, 0.29) is 0 Å². The molecule has 0 spiro atoms. The van der Waals surface area contributed by atoms with Crippen LogP contribution in [0.15, 0.2) is 71.9 Å². The number of aromatic nitrogens is 1. The van der Waals surface area contributed by atoms with Gasteiger partial charge in [-0.2, -0.15) is 0 Å². The number of halogens is 2. The molecule has 2 nitrogen and oxygen atoms in total. The van der Waals surface area contributed by atoms with Crippen molar-refractivity contribution in [2.24, 2.45) is 4.99 Å². The van der Waals surface area contributed by atoms with Gasteiger partial charge in [0.15, 0.2) is 0 Å². The summed E-state index contributed by atoms with van der Waals surface area (Å²) < 4.78 is 0. The molecule has 0 saturated carbocycles. The highest BCUT2D eigenvalue weighted by molar-refractivity contribution is 6.42. The van der Waals surface area contributed by atoms with E-state index in [1.165, 1.54) is 0 Å². The van der Waals surface area contributed by atoms with Crippen LogP contribution in [0.5, 0.6) is 0 Å². The number of hydrogen-bond donors (Lipinski definition) is 0. The molecule has 4 heteroatoms. The lowest BCUT2D eigenvalue weighted by molar-refractivity contribution is 1.34. The first-order chi connectivity index (χ1) is 12.0. The molecule has 0 aliphatic carbocycles. The monoisotopic (exact) mass is 364 g/mol. The van der Waals surface area contributed by atoms with Crippen LogP contribution in [0, 0.1) is 0 Å². The van der Waals surface area contributed by atoms with Gasteiger partial charge in [-0.1, -0.05) is 66.2 Å². The maximum Gasteiger partial charge on any atom is 0.139 e. The van der Waals surface area contributed by atoms with Gasteiger partial charge in [-0.25, -0.2) is 4.98 Å². The molecule has 0 atom stereocenters. The van der Waals surface area contributed by atoms with Crippen LogP contribution < -0.4 is 0 Å². The third-order valence-electron chi connectivity index (χ3n) is 4.24. The molecule has 0 N–H and O–H groups in total. The molecule has 0 unspecified atom stereocenters. The number of fused-ring (bicyclic) bond motifs is 1. The van der Waals surface area contributed by atoms with E-state index >= 15 is 0 Å². The van der Waals surface area contributed by atoms with Gasteiger partial charge in [-0.3, -0.25) is 4.99 Å². The van der Waals surface area contributed by atoms with Crippen LogP contribution in [-0.2, 0) is 0 Å². The Kier molecular flexibility index (Phi) is 3.95. The molecule has 1 aliphatic rings. The summed E-state index contributed by atoms with van der Waals surface area (Å²) in [4.78, 5) is 8.90. The first-order valence-electron chi connectivity index (χ1n) is 7.85. The highest BCUT2D eigenvalue weighted by atomic mass is 35.5. The van der Waals surface area contributed by atoms with Gasteiger partial charge in [-0.15, -0.1) is 0 Å². The quantitative estimate of drug-likeness (QED) is 0.481. The Morgan fingerprint density at radius 3 is 2.44 bits per heavy atom. The molecule has 25 heavy (non-hydrogen) atoms. The number of hydrogen-bond acceptors (Lipinski definition) is 2. The van der Waals surface area contributed by atoms with Gasteiger partial charge < -0.3 is 0 Å². The minimum atomic E-state index is 0.400. The fourth-order valence-corrected chi connectivity index (χ4v) is 3.62. The first-order valence-corrected chi connectivity index (χ1v) is 8.61. The second-order valence-electron chi connectivity index (χ2n) is 5.95. The van der Waals surface area contributed by atoms with Crippen molar-refractivity contribution < 1.29 is 0 Å². The predicted molar refractivity (Wildman–Crippen MR) is 107 cm³/mol. The van der Waals surface area contributed by atoms with Gasteiger partial charge in [0.1, 0.15) is 5.15 Å². The molecule has 0 fully saturated rings. The Morgan fingerprint density at radius 2 is 1.76 bits per heavy atom. The Balaban J connectivity index is 1.87. The number of nitrogens with zero attached hydrogens (tertiary/aromatic N) is 2. The van der Waals surface area contributed by atoms with E-state index in [2.05, 4.69) is 16.6 Å². The fraction of sp³-hybridized carbons (Fsp3) is 0.0476. The smallest absolute Gasteiger partial charge is 0.139 e. The Labute approximate surface area is 156 Å². The summed E-state index contributed by atoms with van der Waals surface area (Å²) in [6, 6.07) is 15.7. The van der Waals surface area contributed by atoms with E-state index in [1.807, 2.05) is 61.5 Å². The fourth-order valence-electron chi connectivity index (χ4n) is 2.92. The summed E-state index contributed by atoms with van der Waals surface area (Å²) in [6.07, 6.45) is 2.02. The third kappa shape index (κ3) is 2.78. The molecule has 3 aromatic rings. The van der Waals surface area contributed by atoms with Crippen LogP contribution >= 0.6 is 23.2 Å². The van der Waals surface area contributed by atoms with Crippen molar-refractivity contribution in [3.05, 3.63) is 82.6 Å². The van der Waals surface area contributed by atoms with Crippen LogP contribution in [0.2, 0.25) is 10.2 Å². The second kappa shape index (κ2) is 6.14. The van der Waals surface area contributed by atoms with Crippen molar-refractivity contribution in [2.75, 3.05) is 0 Å². The van der Waals surface area contributed by atoms with Crippen molar-refractivity contribution in [1.29, 1.82) is 0 Å². The maximum atomic E-state index is 6.71. The lowest BCUT2D eigenvalue weighted by Gasteiger charge is -2.15. The van der Waals surface area contributed by atoms with Gasteiger partial charge in [0.25, 0.3) is 0 Å². The molecule has 0 saturated heterocycles. The first kappa shape index (κ1) is 16.1. The van der Waals surface area contributed by atoms with Gasteiger partial charge >= 0.3 is 0 Å². The predicted octanol–water partition coefficient (Wildman–Crippen LogP) is 6.58. The lowest BCUT2D eigenvalue weighted by atomic mass is 9.98. The summed E-state index contributed by atoms with van der Waals surface area (Å²) in [6.45, 7) is 6.12. The highest BCUT2D eigenvalue weighted by Gasteiger charge is 2.17. The lowest BCUT2D eigenvalue weighted by Crippen LogP contribution is -2.02. The molecule has 4 rings (SSSR count). The molecule has 2 aromatic carbocycles. The molecule has 1 aromatic heterocycles. The summed E-state index contributed by atoms with van der Waals surface area (Å²) in [5.74, 6) is 0. The molecule has 2 heterocycles. The van der Waals surface area contributed by atoms with Gasteiger partial charge in [-0.05, 0) is 36.3 Å². The zero-order chi connectivity index (χ0) is 17.6. The van der Waals surface area contributed by atoms with Crippen molar-refractivity contribution >= 4 is 45.4 Å². The largest absolute Gasteiger partial charge is 0.253 e. The van der Waals surface area contributed by atoms with Crippen LogP contribution in [0.25, 0.3) is 27.6 Å². The summed E-state index contributed by atoms with van der Waals surface area (Å²) in [5.41, 5.74) is 6.20. The van der Waals surface area contributed by atoms with Crippen LogP contribution in [0.3, 0.4) is 0 Å². The van der Waals surface area contributed by atoms with E-state index < -0.39 is 0 Å². The normalized spacial score (nSPS) is 13.2. The highest BCUT2D eigenvalue weighted by Crippen LogP contribution is 2.39. The molecule has 122 valence electrons. The minimum Gasteiger partial charge on any atom is -0.253 e. The number of allylic oxidation sites excluding steroid dienone is 2. The molecule has 1 aliphatic heterocycles. The minimum absolute atomic E-state index is 0.400. The third-order valence-corrected chi connectivity index (χ3v) is 4.91. The van der Waals surface area contributed by atoms with Crippen LogP contribution in [0.1, 0.15) is 12.5 Å². The number of aliphatic imine (C=N–C) groups is 1. The molecule has 0 amide bonds. The van der Waals surface area contributed by atoms with Crippen LogP contribution in [0.4, 0.5) is 0 Å². The molecule has 0 bridgehead atoms. The van der Waals surface area contributed by atoms with E-state index in [9.17, 15) is 0 Å². The van der Waals surface area contributed by atoms with E-state index in [0.717, 1.165) is 44.6 Å². The van der Waals surface area contributed by atoms with Crippen molar-refractivity contribution in [3.8, 4) is 11.1 Å². The average Bonchev–Trinajstić information content (AvgIpc) is 2.59. The second-order valence-corrected chi connectivity index (χ2v) is 6.69. The van der Waals surface area contributed by atoms with Gasteiger partial charge in [0.2, 0.25) is 0 Å². The summed E-state index contributed by atoms with van der Waals surface area (Å²) in [5, 5.41) is 1.85. The van der Waals surface area contributed by atoms with Crippen molar-refractivity contribution in [2.45, 2.75) is 6.92 Å². The number of rotatable bonds is 3. The van der Waals surface area contributed by atoms with Gasteiger partial charge in [0, 0.05) is 22.2 Å². The van der Waals surface area contributed by atoms with E-state index in [1.54, 1.807) is 0 Å². The molecule has 0 radical (unpaired) electrons. The zero-order valence-corrected chi connectivity index (χ0v) is 15.1. The Bertz CT molecular complexity index is 1080. The maximum absolute atomic E-state index is 6.71. The summed E-state index contributed by atoms with van der Waals surface area (Å²) in [7, 11) is 0. The zero-order valence-electron chi connectivity index (χ0n) is 13.6. The average molecular weight is 365 g/mol. The van der Waals surface area contributed by atoms with Crippen LogP contribution in [-0.4, -0.2) is 10.7 Å². The topological polar surface area (TPSA) is 25.2 Å².